The second-order valence-electron chi connectivity index (χ2n) is 4.74. The van der Waals surface area contributed by atoms with Crippen molar-refractivity contribution in [3.05, 3.63) is 29.3 Å². The maximum absolute atomic E-state index is 12.0. The normalized spacial score (nSPS) is 13.7. The number of carbonyl (C=O) groups is 2. The van der Waals surface area contributed by atoms with Crippen LogP contribution in [0.4, 0.5) is 5.69 Å². The average molecular weight is 263 g/mol. The molecule has 5 N–H and O–H groups in total. The first-order valence-electron chi connectivity index (χ1n) is 6.34. The highest BCUT2D eigenvalue weighted by Gasteiger charge is 2.20. The topological polar surface area (TPSA) is 98.2 Å². The van der Waals surface area contributed by atoms with Gasteiger partial charge in [0.1, 0.15) is 0 Å². The van der Waals surface area contributed by atoms with Gasteiger partial charge in [0, 0.05) is 11.3 Å². The van der Waals surface area contributed by atoms with E-state index < -0.39 is 11.9 Å². The van der Waals surface area contributed by atoms with Crippen LogP contribution in [0.3, 0.4) is 0 Å². The number of carbonyl (C=O) groups excluding carboxylic acids is 2. The van der Waals surface area contributed by atoms with Gasteiger partial charge in [0.05, 0.1) is 6.04 Å². The lowest BCUT2D eigenvalue weighted by Crippen LogP contribution is -2.40. The van der Waals surface area contributed by atoms with Crippen LogP contribution in [0, 0.1) is 12.8 Å². The van der Waals surface area contributed by atoms with Crippen molar-refractivity contribution >= 4 is 17.5 Å². The van der Waals surface area contributed by atoms with E-state index in [4.69, 9.17) is 11.5 Å². The van der Waals surface area contributed by atoms with E-state index in [0.29, 0.717) is 16.8 Å². The highest BCUT2D eigenvalue weighted by atomic mass is 16.2. The Morgan fingerprint density at radius 3 is 2.53 bits per heavy atom. The summed E-state index contributed by atoms with van der Waals surface area (Å²) in [5, 5.41) is 2.75. The second-order valence-corrected chi connectivity index (χ2v) is 4.74. The molecule has 1 unspecified atom stereocenters. The quantitative estimate of drug-likeness (QED) is 0.749. The van der Waals surface area contributed by atoms with E-state index in [9.17, 15) is 9.59 Å². The summed E-state index contributed by atoms with van der Waals surface area (Å²) < 4.78 is 0. The van der Waals surface area contributed by atoms with Crippen LogP contribution in [0.25, 0.3) is 0 Å². The number of benzene rings is 1. The molecule has 0 radical (unpaired) electrons. The molecule has 1 aromatic carbocycles. The second kappa shape index (κ2) is 6.33. The fourth-order valence-corrected chi connectivity index (χ4v) is 1.77. The molecule has 2 atom stereocenters. The minimum absolute atomic E-state index is 0.0969. The van der Waals surface area contributed by atoms with E-state index in [1.807, 2.05) is 13.8 Å². The van der Waals surface area contributed by atoms with Crippen molar-refractivity contribution in [1.82, 2.24) is 0 Å². The Morgan fingerprint density at radius 2 is 2.00 bits per heavy atom. The molecular weight excluding hydrogens is 242 g/mol. The summed E-state index contributed by atoms with van der Waals surface area (Å²) in [5.74, 6) is -0.668. The summed E-state index contributed by atoms with van der Waals surface area (Å²) in [7, 11) is 0. The molecule has 0 aromatic heterocycles. The van der Waals surface area contributed by atoms with Gasteiger partial charge >= 0.3 is 0 Å². The molecule has 1 aromatic rings. The van der Waals surface area contributed by atoms with Gasteiger partial charge in [-0.2, -0.15) is 0 Å². The van der Waals surface area contributed by atoms with Crippen LogP contribution in [-0.2, 0) is 4.79 Å². The third kappa shape index (κ3) is 3.54. The van der Waals surface area contributed by atoms with Gasteiger partial charge in [-0.1, -0.05) is 26.3 Å². The molecule has 5 heteroatoms. The van der Waals surface area contributed by atoms with Crippen molar-refractivity contribution in [3.8, 4) is 0 Å². The lowest BCUT2D eigenvalue weighted by molar-refractivity contribution is -0.118. The molecule has 0 spiro atoms. The van der Waals surface area contributed by atoms with Gasteiger partial charge in [-0.3, -0.25) is 9.59 Å². The fraction of sp³-hybridized carbons (Fsp3) is 0.429. The molecule has 2 amide bonds. The molecule has 0 fully saturated rings. The first-order chi connectivity index (χ1) is 8.88. The van der Waals surface area contributed by atoms with E-state index in [1.165, 1.54) is 0 Å². The fourth-order valence-electron chi connectivity index (χ4n) is 1.77. The Balaban J connectivity index is 2.92. The minimum atomic E-state index is -0.568. The van der Waals surface area contributed by atoms with Crippen LogP contribution in [0.5, 0.6) is 0 Å². The van der Waals surface area contributed by atoms with E-state index in [-0.39, 0.29) is 11.8 Å². The Kier molecular flexibility index (Phi) is 5.06. The molecule has 0 aliphatic heterocycles. The third-order valence-corrected chi connectivity index (χ3v) is 3.42. The number of amides is 2. The molecule has 0 bridgehead atoms. The van der Waals surface area contributed by atoms with Gasteiger partial charge in [-0.15, -0.1) is 0 Å². The Hall–Kier alpha value is -1.88. The molecule has 0 saturated carbocycles. The van der Waals surface area contributed by atoms with Crippen molar-refractivity contribution in [3.63, 3.8) is 0 Å². The average Bonchev–Trinajstić information content (AvgIpc) is 2.38. The predicted molar refractivity (Wildman–Crippen MR) is 75.8 cm³/mol. The van der Waals surface area contributed by atoms with Gasteiger partial charge in [0.15, 0.2) is 0 Å². The zero-order valence-corrected chi connectivity index (χ0v) is 11.6. The van der Waals surface area contributed by atoms with E-state index in [0.717, 1.165) is 6.42 Å². The summed E-state index contributed by atoms with van der Waals surface area (Å²) >= 11 is 0. The van der Waals surface area contributed by atoms with Gasteiger partial charge in [-0.25, -0.2) is 0 Å². The van der Waals surface area contributed by atoms with E-state index in [1.54, 1.807) is 25.1 Å². The maximum Gasteiger partial charge on any atom is 0.249 e. The van der Waals surface area contributed by atoms with Crippen molar-refractivity contribution in [1.29, 1.82) is 0 Å². The third-order valence-electron chi connectivity index (χ3n) is 3.42. The van der Waals surface area contributed by atoms with Crippen LogP contribution in [0.15, 0.2) is 18.2 Å². The summed E-state index contributed by atoms with van der Waals surface area (Å²) in [6.07, 6.45) is 0.828. The van der Waals surface area contributed by atoms with Gasteiger partial charge in [-0.05, 0) is 30.5 Å². The highest BCUT2D eigenvalue weighted by molar-refractivity contribution is 5.99. The number of primary amides is 1. The van der Waals surface area contributed by atoms with E-state index in [2.05, 4.69) is 5.32 Å². The number of hydrogen-bond donors (Lipinski definition) is 3. The van der Waals surface area contributed by atoms with Crippen LogP contribution >= 0.6 is 0 Å². The zero-order chi connectivity index (χ0) is 14.6. The van der Waals surface area contributed by atoms with E-state index >= 15 is 0 Å². The van der Waals surface area contributed by atoms with Crippen molar-refractivity contribution in [2.24, 2.45) is 17.4 Å². The molecule has 19 heavy (non-hydrogen) atoms. The Labute approximate surface area is 113 Å². The van der Waals surface area contributed by atoms with Crippen LogP contribution < -0.4 is 16.8 Å². The molecule has 5 nitrogen and oxygen atoms in total. The largest absolute Gasteiger partial charge is 0.366 e. The summed E-state index contributed by atoms with van der Waals surface area (Å²) in [5.41, 5.74) is 12.8. The summed E-state index contributed by atoms with van der Waals surface area (Å²) in [6, 6.07) is 4.46. The summed E-state index contributed by atoms with van der Waals surface area (Å²) in [6.45, 7) is 5.65. The molecular formula is C14H21N3O2. The first kappa shape index (κ1) is 15.2. The minimum Gasteiger partial charge on any atom is -0.366 e. The molecule has 1 rings (SSSR count). The summed E-state index contributed by atoms with van der Waals surface area (Å²) in [4.78, 5) is 23.2. The van der Waals surface area contributed by atoms with Gasteiger partial charge < -0.3 is 16.8 Å². The van der Waals surface area contributed by atoms with Crippen LogP contribution in [0.2, 0.25) is 0 Å². The maximum atomic E-state index is 12.0. The van der Waals surface area contributed by atoms with Crippen molar-refractivity contribution in [2.45, 2.75) is 33.2 Å². The van der Waals surface area contributed by atoms with Gasteiger partial charge in [0.25, 0.3) is 0 Å². The molecule has 0 aliphatic rings. The highest BCUT2D eigenvalue weighted by Crippen LogP contribution is 2.19. The lowest BCUT2D eigenvalue weighted by Gasteiger charge is -2.19. The van der Waals surface area contributed by atoms with Crippen LogP contribution in [-0.4, -0.2) is 17.9 Å². The monoisotopic (exact) mass is 263 g/mol. The zero-order valence-electron chi connectivity index (χ0n) is 11.6. The first-order valence-corrected chi connectivity index (χ1v) is 6.34. The number of anilines is 1. The predicted octanol–water partition coefficient (Wildman–Crippen LogP) is 1.41. The van der Waals surface area contributed by atoms with Crippen molar-refractivity contribution < 1.29 is 9.59 Å². The molecule has 0 saturated heterocycles. The standard InChI is InChI=1S/C14H21N3O2/c1-4-8(2)12(15)14(19)17-11-7-5-6-10(9(11)3)13(16)18/h5-8,12H,4,15H2,1-3H3,(H2,16,18)(H,17,19)/t8?,12-/m0/s1. The Morgan fingerprint density at radius 1 is 1.37 bits per heavy atom. The number of nitrogens with two attached hydrogens (primary N) is 2. The van der Waals surface area contributed by atoms with Crippen molar-refractivity contribution in [2.75, 3.05) is 5.32 Å². The SMILES string of the molecule is CCC(C)[C@H](N)C(=O)Nc1cccc(C(N)=O)c1C. The number of rotatable bonds is 5. The number of hydrogen-bond acceptors (Lipinski definition) is 3. The van der Waals surface area contributed by atoms with Gasteiger partial charge in [0.2, 0.25) is 11.8 Å². The molecule has 0 aliphatic carbocycles. The number of nitrogens with one attached hydrogen (secondary N) is 1. The molecule has 104 valence electrons. The lowest BCUT2D eigenvalue weighted by atomic mass is 9.99. The molecule has 0 heterocycles. The smallest absolute Gasteiger partial charge is 0.249 e. The van der Waals surface area contributed by atoms with Crippen LogP contribution in [0.1, 0.15) is 36.2 Å². The Bertz CT molecular complexity index is 486.